The fourth-order valence-corrected chi connectivity index (χ4v) is 3.21. The molecule has 1 aliphatic rings. The smallest absolute Gasteiger partial charge is 0.237 e. The number of halogens is 3. The summed E-state index contributed by atoms with van der Waals surface area (Å²) in [5, 5.41) is 2.43. The number of hydrogen-bond donors (Lipinski definition) is 2. The summed E-state index contributed by atoms with van der Waals surface area (Å²) >= 11 is 7.93. The van der Waals surface area contributed by atoms with Crippen molar-refractivity contribution in [3.05, 3.63) is 28.2 Å². The molecule has 0 aliphatic heterocycles. The highest BCUT2D eigenvalue weighted by Gasteiger charge is 2.42. The van der Waals surface area contributed by atoms with Gasteiger partial charge in [-0.2, -0.15) is 0 Å². The van der Waals surface area contributed by atoms with Gasteiger partial charge in [-0.05, 0) is 34.8 Å². The Morgan fingerprint density at radius 1 is 1.24 bits per heavy atom. The lowest BCUT2D eigenvalue weighted by atomic mass is 9.73. The van der Waals surface area contributed by atoms with Gasteiger partial charge < -0.3 is 11.1 Å². The summed E-state index contributed by atoms with van der Waals surface area (Å²) in [6, 6.07) is 1.91. The molecule has 21 heavy (non-hydrogen) atoms. The summed E-state index contributed by atoms with van der Waals surface area (Å²) in [5.74, 6) is -1.83. The van der Waals surface area contributed by atoms with Crippen LogP contribution in [0.15, 0.2) is 16.6 Å². The van der Waals surface area contributed by atoms with E-state index in [4.69, 9.17) is 18.0 Å². The number of benzene rings is 1. The number of hydrogen-bond acceptors (Lipinski definition) is 2. The van der Waals surface area contributed by atoms with Crippen molar-refractivity contribution in [2.75, 3.05) is 5.32 Å². The molecule has 3 N–H and O–H groups in total. The van der Waals surface area contributed by atoms with E-state index >= 15 is 0 Å². The van der Waals surface area contributed by atoms with Crippen LogP contribution in [0.4, 0.5) is 14.5 Å². The summed E-state index contributed by atoms with van der Waals surface area (Å²) in [6.45, 7) is 0. The van der Waals surface area contributed by atoms with Gasteiger partial charge in [-0.15, -0.1) is 0 Å². The van der Waals surface area contributed by atoms with Crippen molar-refractivity contribution < 1.29 is 13.6 Å². The van der Waals surface area contributed by atoms with Gasteiger partial charge in [0.15, 0.2) is 0 Å². The molecule has 0 bridgehead atoms. The average molecular weight is 377 g/mol. The van der Waals surface area contributed by atoms with Crippen LogP contribution in [0.25, 0.3) is 0 Å². The van der Waals surface area contributed by atoms with E-state index in [-0.39, 0.29) is 15.1 Å². The van der Waals surface area contributed by atoms with Gasteiger partial charge in [0.2, 0.25) is 5.91 Å². The normalized spacial score (nSPS) is 17.3. The molecular formula is C14H15BrF2N2OS. The molecule has 0 unspecified atom stereocenters. The first-order valence-corrected chi connectivity index (χ1v) is 7.83. The Morgan fingerprint density at radius 2 is 1.86 bits per heavy atom. The maximum atomic E-state index is 13.8. The Hall–Kier alpha value is -1.08. The van der Waals surface area contributed by atoms with E-state index in [1.165, 1.54) is 0 Å². The minimum atomic E-state index is -0.969. The molecule has 1 saturated carbocycles. The van der Waals surface area contributed by atoms with Crippen LogP contribution >= 0.6 is 28.1 Å². The van der Waals surface area contributed by atoms with Gasteiger partial charge in [0.1, 0.15) is 11.6 Å². The first-order chi connectivity index (χ1) is 9.86. The molecule has 1 fully saturated rings. The van der Waals surface area contributed by atoms with Crippen LogP contribution in [0.3, 0.4) is 0 Å². The lowest BCUT2D eigenvalue weighted by molar-refractivity contribution is -0.123. The van der Waals surface area contributed by atoms with Gasteiger partial charge in [0, 0.05) is 6.07 Å². The minimum Gasteiger partial charge on any atom is -0.392 e. The highest BCUT2D eigenvalue weighted by Crippen LogP contribution is 2.38. The molecule has 1 amide bonds. The number of nitrogens with two attached hydrogens (primary N) is 1. The van der Waals surface area contributed by atoms with E-state index in [1.807, 2.05) is 0 Å². The second kappa shape index (κ2) is 6.36. The van der Waals surface area contributed by atoms with Crippen molar-refractivity contribution in [3.8, 4) is 0 Å². The van der Waals surface area contributed by atoms with Crippen LogP contribution in [0.2, 0.25) is 0 Å². The predicted octanol–water partition coefficient (Wildman–Crippen LogP) is 3.90. The second-order valence-corrected chi connectivity index (χ2v) is 6.50. The maximum Gasteiger partial charge on any atom is 0.237 e. The average Bonchev–Trinajstić information content (AvgIpc) is 2.45. The van der Waals surface area contributed by atoms with Crippen molar-refractivity contribution in [1.29, 1.82) is 0 Å². The van der Waals surface area contributed by atoms with Crippen molar-refractivity contribution in [2.45, 2.75) is 32.1 Å². The monoisotopic (exact) mass is 376 g/mol. The lowest BCUT2D eigenvalue weighted by Crippen LogP contribution is -2.47. The molecule has 3 nitrogen and oxygen atoms in total. The van der Waals surface area contributed by atoms with Crippen LogP contribution in [0.1, 0.15) is 32.1 Å². The molecule has 0 aromatic heterocycles. The van der Waals surface area contributed by atoms with E-state index in [2.05, 4.69) is 21.2 Å². The summed E-state index contributed by atoms with van der Waals surface area (Å²) in [5.41, 5.74) is 4.57. The molecule has 0 atom stereocenters. The third kappa shape index (κ3) is 3.23. The topological polar surface area (TPSA) is 55.1 Å². The highest BCUT2D eigenvalue weighted by atomic mass is 79.9. The minimum absolute atomic E-state index is 0.000255. The van der Waals surface area contributed by atoms with E-state index in [0.29, 0.717) is 12.8 Å². The number of carbonyl (C=O) groups is 1. The Labute approximate surface area is 135 Å². The van der Waals surface area contributed by atoms with E-state index in [0.717, 1.165) is 31.4 Å². The van der Waals surface area contributed by atoms with Crippen molar-refractivity contribution >= 4 is 44.7 Å². The molecule has 1 aliphatic carbocycles. The Morgan fingerprint density at radius 3 is 2.43 bits per heavy atom. The Kier molecular flexibility index (Phi) is 4.93. The first-order valence-electron chi connectivity index (χ1n) is 6.63. The molecule has 114 valence electrons. The van der Waals surface area contributed by atoms with E-state index in [9.17, 15) is 13.6 Å². The Balaban J connectivity index is 2.27. The molecule has 0 spiro atoms. The van der Waals surface area contributed by atoms with Crippen molar-refractivity contribution in [2.24, 2.45) is 11.1 Å². The zero-order valence-corrected chi connectivity index (χ0v) is 13.6. The third-order valence-corrected chi connectivity index (χ3v) is 4.87. The van der Waals surface area contributed by atoms with E-state index in [1.54, 1.807) is 0 Å². The first kappa shape index (κ1) is 16.3. The summed E-state index contributed by atoms with van der Waals surface area (Å²) in [7, 11) is 0. The molecule has 1 aromatic carbocycles. The molecule has 1 aromatic rings. The number of carbonyl (C=O) groups excluding carboxylic acids is 1. The number of thiocarbonyl (C=S) groups is 1. The fraction of sp³-hybridized carbons (Fsp3) is 0.429. The van der Waals surface area contributed by atoms with Crippen molar-refractivity contribution in [3.63, 3.8) is 0 Å². The van der Waals surface area contributed by atoms with Crippen LogP contribution in [-0.2, 0) is 4.79 Å². The SMILES string of the molecule is NC(=S)C1(C(=O)Nc2cc(F)c(Br)cc2F)CCCCC1. The maximum absolute atomic E-state index is 13.8. The fourth-order valence-electron chi connectivity index (χ4n) is 2.60. The Bertz CT molecular complexity index is 589. The molecule has 0 heterocycles. The summed E-state index contributed by atoms with van der Waals surface area (Å²) in [6.07, 6.45) is 3.76. The van der Waals surface area contributed by atoms with Crippen molar-refractivity contribution in [1.82, 2.24) is 0 Å². The number of anilines is 1. The number of nitrogens with one attached hydrogen (secondary N) is 1. The number of amides is 1. The number of rotatable bonds is 3. The van der Waals surface area contributed by atoms with Gasteiger partial charge in [0.05, 0.1) is 20.6 Å². The molecule has 0 radical (unpaired) electrons. The van der Waals surface area contributed by atoms with Gasteiger partial charge in [-0.25, -0.2) is 8.78 Å². The highest BCUT2D eigenvalue weighted by molar-refractivity contribution is 9.10. The molecule has 0 saturated heterocycles. The molecular weight excluding hydrogens is 362 g/mol. The van der Waals surface area contributed by atoms with E-state index < -0.39 is 23.0 Å². The quantitative estimate of drug-likeness (QED) is 0.621. The van der Waals surface area contributed by atoms with Crippen LogP contribution < -0.4 is 11.1 Å². The molecule has 2 rings (SSSR count). The molecule has 7 heteroatoms. The predicted molar refractivity (Wildman–Crippen MR) is 85.0 cm³/mol. The van der Waals surface area contributed by atoms with Gasteiger partial charge in [-0.1, -0.05) is 31.5 Å². The standard InChI is InChI=1S/C14H15BrF2N2OS/c15-8-6-10(17)11(7-9(8)16)19-13(20)14(12(18)21)4-2-1-3-5-14/h6-7H,1-5H2,(H2,18,21)(H,19,20). The zero-order valence-electron chi connectivity index (χ0n) is 11.2. The van der Waals surface area contributed by atoms with Crippen LogP contribution in [0.5, 0.6) is 0 Å². The largest absolute Gasteiger partial charge is 0.392 e. The summed E-state index contributed by atoms with van der Waals surface area (Å²) in [4.78, 5) is 12.6. The second-order valence-electron chi connectivity index (χ2n) is 5.21. The van der Waals surface area contributed by atoms with Gasteiger partial charge >= 0.3 is 0 Å². The van der Waals surface area contributed by atoms with Crippen LogP contribution in [0, 0.1) is 17.0 Å². The van der Waals surface area contributed by atoms with Gasteiger partial charge in [-0.3, -0.25) is 4.79 Å². The zero-order chi connectivity index (χ0) is 15.6. The lowest BCUT2D eigenvalue weighted by Gasteiger charge is -2.34. The third-order valence-electron chi connectivity index (χ3n) is 3.87. The van der Waals surface area contributed by atoms with Gasteiger partial charge in [0.25, 0.3) is 0 Å². The van der Waals surface area contributed by atoms with Crippen LogP contribution in [-0.4, -0.2) is 10.9 Å². The summed E-state index contributed by atoms with van der Waals surface area (Å²) < 4.78 is 27.3.